The molecule has 0 radical (unpaired) electrons. The Morgan fingerprint density at radius 3 is 2.61 bits per heavy atom. The van der Waals surface area contributed by atoms with Gasteiger partial charge in [-0.05, 0) is 47.0 Å². The maximum absolute atomic E-state index is 11.8. The van der Waals surface area contributed by atoms with E-state index in [9.17, 15) is 4.79 Å². The van der Waals surface area contributed by atoms with Crippen molar-refractivity contribution in [1.82, 2.24) is 5.32 Å². The Hall–Kier alpha value is -0.0600. The van der Waals surface area contributed by atoms with Crippen LogP contribution in [0.4, 0.5) is 0 Å². The predicted molar refractivity (Wildman–Crippen MR) is 83.7 cm³/mol. The van der Waals surface area contributed by atoms with Crippen LogP contribution in [0.25, 0.3) is 0 Å². The van der Waals surface area contributed by atoms with Crippen LogP contribution in [0.15, 0.2) is 22.7 Å². The molecule has 1 aromatic rings. The lowest BCUT2D eigenvalue weighted by Gasteiger charge is -2.06. The van der Waals surface area contributed by atoms with Gasteiger partial charge in [0.05, 0.1) is 5.02 Å². The van der Waals surface area contributed by atoms with Crippen molar-refractivity contribution in [2.75, 3.05) is 11.9 Å². The van der Waals surface area contributed by atoms with E-state index < -0.39 is 0 Å². The third-order valence-corrected chi connectivity index (χ3v) is 4.30. The lowest BCUT2D eigenvalue weighted by molar-refractivity contribution is 0.0953. The van der Waals surface area contributed by atoms with E-state index in [1.54, 1.807) is 18.2 Å². The summed E-state index contributed by atoms with van der Waals surface area (Å²) in [6.07, 6.45) is 4.56. The molecule has 5 heteroatoms. The molecule has 1 rings (SSSR count). The first-order chi connectivity index (χ1) is 8.65. The second kappa shape index (κ2) is 8.94. The van der Waals surface area contributed by atoms with Gasteiger partial charge in [0, 0.05) is 21.9 Å². The standard InChI is InChI=1S/C13H16Br2ClNO/c14-7-3-1-2-4-8-17-13(18)10-5-6-12(16)11(15)9-10/h5-6,9H,1-4,7-8H2,(H,17,18). The highest BCUT2D eigenvalue weighted by Gasteiger charge is 2.06. The van der Waals surface area contributed by atoms with E-state index in [2.05, 4.69) is 37.2 Å². The van der Waals surface area contributed by atoms with Crippen LogP contribution in [0.3, 0.4) is 0 Å². The minimum Gasteiger partial charge on any atom is -0.352 e. The lowest BCUT2D eigenvalue weighted by atomic mass is 10.2. The summed E-state index contributed by atoms with van der Waals surface area (Å²) in [5.74, 6) is -0.0483. The molecule has 0 aliphatic heterocycles. The third kappa shape index (κ3) is 5.72. The molecule has 2 nitrogen and oxygen atoms in total. The molecule has 18 heavy (non-hydrogen) atoms. The van der Waals surface area contributed by atoms with Gasteiger partial charge in [-0.1, -0.05) is 40.4 Å². The van der Waals surface area contributed by atoms with Gasteiger partial charge < -0.3 is 5.32 Å². The van der Waals surface area contributed by atoms with Gasteiger partial charge in [0.2, 0.25) is 0 Å². The Morgan fingerprint density at radius 1 is 1.22 bits per heavy atom. The highest BCUT2D eigenvalue weighted by Crippen LogP contribution is 2.23. The summed E-state index contributed by atoms with van der Waals surface area (Å²) in [5, 5.41) is 4.57. The molecule has 0 aliphatic rings. The maximum atomic E-state index is 11.8. The van der Waals surface area contributed by atoms with E-state index >= 15 is 0 Å². The highest BCUT2D eigenvalue weighted by atomic mass is 79.9. The number of carbonyl (C=O) groups excluding carboxylic acids is 1. The second-order valence-corrected chi connectivity index (χ2v) is 6.04. The number of hydrogen-bond acceptors (Lipinski definition) is 1. The molecule has 1 N–H and O–H groups in total. The molecular formula is C13H16Br2ClNO. The summed E-state index contributed by atoms with van der Waals surface area (Å²) in [5.41, 5.74) is 0.631. The van der Waals surface area contributed by atoms with Gasteiger partial charge in [-0.3, -0.25) is 4.79 Å². The molecule has 0 fully saturated rings. The number of alkyl halides is 1. The largest absolute Gasteiger partial charge is 0.352 e. The maximum Gasteiger partial charge on any atom is 0.251 e. The molecule has 100 valence electrons. The van der Waals surface area contributed by atoms with Gasteiger partial charge in [0.1, 0.15) is 0 Å². The zero-order valence-corrected chi connectivity index (χ0v) is 13.9. The van der Waals surface area contributed by atoms with Crippen LogP contribution in [-0.2, 0) is 0 Å². The van der Waals surface area contributed by atoms with E-state index in [0.717, 1.165) is 29.2 Å². The Kier molecular flexibility index (Phi) is 7.95. The Morgan fingerprint density at radius 2 is 1.94 bits per heavy atom. The van der Waals surface area contributed by atoms with Gasteiger partial charge in [-0.2, -0.15) is 0 Å². The van der Waals surface area contributed by atoms with Crippen molar-refractivity contribution in [3.05, 3.63) is 33.3 Å². The van der Waals surface area contributed by atoms with Gasteiger partial charge in [-0.15, -0.1) is 0 Å². The first-order valence-corrected chi connectivity index (χ1v) is 8.23. The van der Waals surface area contributed by atoms with Gasteiger partial charge in [-0.25, -0.2) is 0 Å². The monoisotopic (exact) mass is 395 g/mol. The minimum absolute atomic E-state index is 0.0483. The molecule has 0 heterocycles. The van der Waals surface area contributed by atoms with E-state index in [1.165, 1.54) is 12.8 Å². The summed E-state index contributed by atoms with van der Waals surface area (Å²) in [6.45, 7) is 0.724. The second-order valence-electron chi connectivity index (χ2n) is 3.99. The number of rotatable bonds is 7. The average Bonchev–Trinajstić information content (AvgIpc) is 2.36. The fourth-order valence-corrected chi connectivity index (χ4v) is 2.41. The Bertz CT molecular complexity index is 399. The number of amides is 1. The molecule has 1 amide bonds. The topological polar surface area (TPSA) is 29.1 Å². The van der Waals surface area contributed by atoms with Crippen molar-refractivity contribution in [2.24, 2.45) is 0 Å². The van der Waals surface area contributed by atoms with Gasteiger partial charge in [0.15, 0.2) is 0 Å². The molecule has 0 saturated carbocycles. The molecule has 0 aliphatic carbocycles. The first-order valence-electron chi connectivity index (χ1n) is 5.94. The van der Waals surface area contributed by atoms with Crippen LogP contribution in [-0.4, -0.2) is 17.8 Å². The van der Waals surface area contributed by atoms with Crippen molar-refractivity contribution in [2.45, 2.75) is 25.7 Å². The molecule has 0 atom stereocenters. The third-order valence-electron chi connectivity index (χ3n) is 2.53. The number of unbranched alkanes of at least 4 members (excludes halogenated alkanes) is 3. The van der Waals surface area contributed by atoms with Gasteiger partial charge in [0.25, 0.3) is 5.91 Å². The van der Waals surface area contributed by atoms with Crippen LogP contribution in [0.1, 0.15) is 36.0 Å². The van der Waals surface area contributed by atoms with Crippen molar-refractivity contribution < 1.29 is 4.79 Å². The first kappa shape index (κ1) is 16.0. The van der Waals surface area contributed by atoms with E-state index in [1.807, 2.05) is 0 Å². The summed E-state index contributed by atoms with van der Waals surface area (Å²) in [6, 6.07) is 5.19. The summed E-state index contributed by atoms with van der Waals surface area (Å²) in [7, 11) is 0. The quantitative estimate of drug-likeness (QED) is 0.520. The number of nitrogens with one attached hydrogen (secondary N) is 1. The van der Waals surface area contributed by atoms with Gasteiger partial charge >= 0.3 is 0 Å². The fraction of sp³-hybridized carbons (Fsp3) is 0.462. The number of benzene rings is 1. The molecule has 0 spiro atoms. The van der Waals surface area contributed by atoms with Crippen molar-refractivity contribution in [1.29, 1.82) is 0 Å². The molecule has 0 unspecified atom stereocenters. The molecule has 0 aromatic heterocycles. The normalized spacial score (nSPS) is 10.4. The molecule has 1 aromatic carbocycles. The van der Waals surface area contributed by atoms with Crippen LogP contribution in [0.2, 0.25) is 5.02 Å². The van der Waals surface area contributed by atoms with Crippen LogP contribution in [0, 0.1) is 0 Å². The van der Waals surface area contributed by atoms with Crippen molar-refractivity contribution in [3.63, 3.8) is 0 Å². The van der Waals surface area contributed by atoms with Crippen LogP contribution < -0.4 is 5.32 Å². The van der Waals surface area contributed by atoms with E-state index in [4.69, 9.17) is 11.6 Å². The van der Waals surface area contributed by atoms with E-state index in [-0.39, 0.29) is 5.91 Å². The number of halogens is 3. The average molecular weight is 398 g/mol. The summed E-state index contributed by atoms with van der Waals surface area (Å²) in [4.78, 5) is 11.8. The zero-order chi connectivity index (χ0) is 13.4. The van der Waals surface area contributed by atoms with Crippen molar-refractivity contribution in [3.8, 4) is 0 Å². The molecule has 0 bridgehead atoms. The van der Waals surface area contributed by atoms with Crippen LogP contribution in [0.5, 0.6) is 0 Å². The zero-order valence-electron chi connectivity index (χ0n) is 10.0. The SMILES string of the molecule is O=C(NCCCCCCBr)c1ccc(Cl)c(Br)c1. The number of carbonyl (C=O) groups is 1. The van der Waals surface area contributed by atoms with Crippen LogP contribution >= 0.6 is 43.5 Å². The highest BCUT2D eigenvalue weighted by molar-refractivity contribution is 9.10. The Balaban J connectivity index is 2.30. The molecule has 0 saturated heterocycles. The summed E-state index contributed by atoms with van der Waals surface area (Å²) < 4.78 is 0.745. The van der Waals surface area contributed by atoms with Crippen molar-refractivity contribution >= 4 is 49.4 Å². The predicted octanol–water partition coefficient (Wildman–Crippen LogP) is 4.79. The minimum atomic E-state index is -0.0483. The molecular weight excluding hydrogens is 381 g/mol. The summed E-state index contributed by atoms with van der Waals surface area (Å²) >= 11 is 12.6. The lowest BCUT2D eigenvalue weighted by Crippen LogP contribution is -2.24. The van der Waals surface area contributed by atoms with E-state index in [0.29, 0.717) is 10.6 Å². The number of hydrogen-bond donors (Lipinski definition) is 1. The Labute approximate surface area is 130 Å². The smallest absolute Gasteiger partial charge is 0.251 e. The fourth-order valence-electron chi connectivity index (χ4n) is 1.51.